The van der Waals surface area contributed by atoms with E-state index in [1.807, 2.05) is 33.8 Å². The van der Waals surface area contributed by atoms with E-state index in [1.54, 1.807) is 7.11 Å². The predicted octanol–water partition coefficient (Wildman–Crippen LogP) is 2.58. The lowest BCUT2D eigenvalue weighted by Gasteiger charge is -1.91. The molecular weight excluding hydrogens is 100 g/mol. The van der Waals surface area contributed by atoms with Gasteiger partial charge in [-0.25, -0.2) is 0 Å². The van der Waals surface area contributed by atoms with Crippen molar-refractivity contribution in [3.8, 4) is 0 Å². The first-order chi connectivity index (χ1) is 3.81. The molecule has 0 aliphatic carbocycles. The van der Waals surface area contributed by atoms with Gasteiger partial charge in [0.05, 0.1) is 12.9 Å². The van der Waals surface area contributed by atoms with Crippen LogP contribution in [0, 0.1) is 0 Å². The molecule has 0 bridgehead atoms. The van der Waals surface area contributed by atoms with Crippen LogP contribution in [0.2, 0.25) is 0 Å². The third-order valence-electron chi connectivity index (χ3n) is 0.729. The Hall–Kier alpha value is -0.460. The first-order valence-corrected chi connectivity index (χ1v) is 2.98. The van der Waals surface area contributed by atoms with Crippen LogP contribution in [-0.4, -0.2) is 7.11 Å². The van der Waals surface area contributed by atoms with E-state index in [9.17, 15) is 0 Å². The second-order valence-corrected chi connectivity index (χ2v) is 1.10. The molecule has 0 amide bonds. The van der Waals surface area contributed by atoms with Crippen LogP contribution in [-0.2, 0) is 4.74 Å². The molecule has 0 aromatic rings. The highest BCUT2D eigenvalue weighted by atomic mass is 16.5. The van der Waals surface area contributed by atoms with Crippen molar-refractivity contribution in [3.63, 3.8) is 0 Å². The number of rotatable bonds is 1. The minimum atomic E-state index is 0.968. The fraction of sp³-hybridized carbons (Fsp3) is 0.714. The summed E-state index contributed by atoms with van der Waals surface area (Å²) in [4.78, 5) is 0. The standard InChI is InChI=1S/C5H10O.C2H6/c1-4-5(2)6-3;1-2/h4H,1-3H3;1-2H3/b5-4-;. The Bertz CT molecular complexity index is 55.4. The smallest absolute Gasteiger partial charge is 0.0882 e. The molecule has 0 heterocycles. The minimum absolute atomic E-state index is 0.968. The summed E-state index contributed by atoms with van der Waals surface area (Å²) in [6.45, 7) is 7.86. The van der Waals surface area contributed by atoms with Gasteiger partial charge >= 0.3 is 0 Å². The van der Waals surface area contributed by atoms with Crippen molar-refractivity contribution in [1.29, 1.82) is 0 Å². The molecule has 1 heteroatoms. The van der Waals surface area contributed by atoms with Crippen LogP contribution in [0.5, 0.6) is 0 Å². The maximum Gasteiger partial charge on any atom is 0.0882 e. The minimum Gasteiger partial charge on any atom is -0.502 e. The van der Waals surface area contributed by atoms with Gasteiger partial charge in [-0.05, 0) is 13.8 Å². The Labute approximate surface area is 52.4 Å². The summed E-state index contributed by atoms with van der Waals surface area (Å²) in [5.74, 6) is 0.968. The maximum atomic E-state index is 4.76. The Kier molecular flexibility index (Phi) is 12.8. The van der Waals surface area contributed by atoms with Crippen molar-refractivity contribution in [2.24, 2.45) is 0 Å². The number of hydrogen-bond acceptors (Lipinski definition) is 1. The zero-order chi connectivity index (χ0) is 6.99. The molecule has 1 nitrogen and oxygen atoms in total. The van der Waals surface area contributed by atoms with Crippen molar-refractivity contribution in [2.45, 2.75) is 27.7 Å². The second-order valence-electron chi connectivity index (χ2n) is 1.10. The van der Waals surface area contributed by atoms with Crippen molar-refractivity contribution < 1.29 is 4.74 Å². The molecule has 8 heavy (non-hydrogen) atoms. The summed E-state index contributed by atoms with van der Waals surface area (Å²) in [5.41, 5.74) is 0. The molecule has 0 fully saturated rings. The molecule has 0 radical (unpaired) electrons. The molecule has 0 spiro atoms. The zero-order valence-electron chi connectivity index (χ0n) is 6.49. The Morgan fingerprint density at radius 1 is 1.38 bits per heavy atom. The highest BCUT2D eigenvalue weighted by Crippen LogP contribution is 1.87. The number of allylic oxidation sites excluding steroid dienone is 2. The first-order valence-electron chi connectivity index (χ1n) is 2.98. The van der Waals surface area contributed by atoms with Gasteiger partial charge in [0.25, 0.3) is 0 Å². The van der Waals surface area contributed by atoms with E-state index >= 15 is 0 Å². The van der Waals surface area contributed by atoms with Crippen LogP contribution >= 0.6 is 0 Å². The third kappa shape index (κ3) is 9.11. The lowest BCUT2D eigenvalue weighted by molar-refractivity contribution is 0.293. The van der Waals surface area contributed by atoms with Gasteiger partial charge in [0.1, 0.15) is 0 Å². The quantitative estimate of drug-likeness (QED) is 0.478. The Morgan fingerprint density at radius 2 is 1.75 bits per heavy atom. The first kappa shape index (κ1) is 10.5. The summed E-state index contributed by atoms with van der Waals surface area (Å²) in [7, 11) is 1.66. The van der Waals surface area contributed by atoms with Gasteiger partial charge in [-0.15, -0.1) is 0 Å². The largest absolute Gasteiger partial charge is 0.502 e. The molecule has 50 valence electrons. The van der Waals surface area contributed by atoms with Crippen molar-refractivity contribution >= 4 is 0 Å². The molecule has 0 aliphatic heterocycles. The lowest BCUT2D eigenvalue weighted by atomic mass is 10.5. The number of ether oxygens (including phenoxy) is 1. The third-order valence-corrected chi connectivity index (χ3v) is 0.729. The van der Waals surface area contributed by atoms with E-state index in [4.69, 9.17) is 4.74 Å². The monoisotopic (exact) mass is 116 g/mol. The summed E-state index contributed by atoms with van der Waals surface area (Å²) in [5, 5.41) is 0. The van der Waals surface area contributed by atoms with Crippen molar-refractivity contribution in [3.05, 3.63) is 11.8 Å². The van der Waals surface area contributed by atoms with Crippen LogP contribution in [0.25, 0.3) is 0 Å². The molecule has 0 N–H and O–H groups in total. The molecule has 0 rings (SSSR count). The molecule has 0 aromatic heterocycles. The fourth-order valence-electron chi connectivity index (χ4n) is 0.118. The summed E-state index contributed by atoms with van der Waals surface area (Å²) >= 11 is 0. The summed E-state index contributed by atoms with van der Waals surface area (Å²) in [6.07, 6.45) is 1.92. The highest BCUT2D eigenvalue weighted by molar-refractivity contribution is 4.82. The van der Waals surface area contributed by atoms with E-state index in [-0.39, 0.29) is 0 Å². The van der Waals surface area contributed by atoms with E-state index in [0.29, 0.717) is 0 Å². The van der Waals surface area contributed by atoms with E-state index in [1.165, 1.54) is 0 Å². The van der Waals surface area contributed by atoms with Gasteiger partial charge in [0.15, 0.2) is 0 Å². The number of hydrogen-bond donors (Lipinski definition) is 0. The van der Waals surface area contributed by atoms with Gasteiger partial charge in [0, 0.05) is 0 Å². The van der Waals surface area contributed by atoms with Crippen LogP contribution < -0.4 is 0 Å². The molecule has 0 atom stereocenters. The van der Waals surface area contributed by atoms with Gasteiger partial charge < -0.3 is 4.74 Å². The van der Waals surface area contributed by atoms with Crippen molar-refractivity contribution in [2.75, 3.05) is 7.11 Å². The van der Waals surface area contributed by atoms with E-state index < -0.39 is 0 Å². The highest BCUT2D eigenvalue weighted by Gasteiger charge is 1.71. The van der Waals surface area contributed by atoms with Crippen LogP contribution in [0.15, 0.2) is 11.8 Å². The van der Waals surface area contributed by atoms with Gasteiger partial charge in [0.2, 0.25) is 0 Å². The summed E-state index contributed by atoms with van der Waals surface area (Å²) in [6, 6.07) is 0. The van der Waals surface area contributed by atoms with E-state index in [2.05, 4.69) is 0 Å². The molecule has 0 unspecified atom stereocenters. The summed E-state index contributed by atoms with van der Waals surface area (Å²) < 4.78 is 4.76. The predicted molar refractivity (Wildman–Crippen MR) is 37.8 cm³/mol. The topological polar surface area (TPSA) is 9.23 Å². The average molecular weight is 116 g/mol. The zero-order valence-corrected chi connectivity index (χ0v) is 6.49. The fourth-order valence-corrected chi connectivity index (χ4v) is 0.118. The molecule has 0 saturated carbocycles. The van der Waals surface area contributed by atoms with Gasteiger partial charge in [-0.2, -0.15) is 0 Å². The Morgan fingerprint density at radius 3 is 1.75 bits per heavy atom. The van der Waals surface area contributed by atoms with Gasteiger partial charge in [-0.3, -0.25) is 0 Å². The van der Waals surface area contributed by atoms with Crippen molar-refractivity contribution in [1.82, 2.24) is 0 Å². The van der Waals surface area contributed by atoms with E-state index in [0.717, 1.165) is 5.76 Å². The molecule has 0 saturated heterocycles. The van der Waals surface area contributed by atoms with Crippen LogP contribution in [0.1, 0.15) is 27.7 Å². The van der Waals surface area contributed by atoms with Gasteiger partial charge in [-0.1, -0.05) is 19.9 Å². The molecule has 0 aromatic carbocycles. The lowest BCUT2D eigenvalue weighted by Crippen LogP contribution is -1.73. The van der Waals surface area contributed by atoms with Crippen LogP contribution in [0.3, 0.4) is 0 Å². The Balaban J connectivity index is 0. The number of methoxy groups -OCH3 is 1. The maximum absolute atomic E-state index is 4.76. The normalized spacial score (nSPS) is 9.38. The second kappa shape index (κ2) is 9.74. The SMILES string of the molecule is C/C=C(/C)OC.CC. The average Bonchev–Trinajstić information content (AvgIpc) is 1.91. The van der Waals surface area contributed by atoms with Crippen LogP contribution in [0.4, 0.5) is 0 Å². The molecular formula is C7H16O. The molecule has 0 aliphatic rings.